The lowest BCUT2D eigenvalue weighted by molar-refractivity contribution is -0.134. The van der Waals surface area contributed by atoms with Crippen LogP contribution in [0.2, 0.25) is 0 Å². The van der Waals surface area contributed by atoms with Gasteiger partial charge in [-0.05, 0) is 33.6 Å². The Morgan fingerprint density at radius 2 is 2.00 bits per heavy atom. The Morgan fingerprint density at radius 1 is 1.33 bits per heavy atom. The Bertz CT molecular complexity index is 404. The predicted octanol–water partition coefficient (Wildman–Crippen LogP) is 0.625. The van der Waals surface area contributed by atoms with Crippen LogP contribution in [0.15, 0.2) is 0 Å². The van der Waals surface area contributed by atoms with Crippen molar-refractivity contribution in [2.75, 3.05) is 19.6 Å². The minimum Gasteiger partial charge on any atom is -0.444 e. The van der Waals surface area contributed by atoms with Gasteiger partial charge in [-0.1, -0.05) is 0 Å². The van der Waals surface area contributed by atoms with Crippen molar-refractivity contribution < 1.29 is 19.1 Å². The largest absolute Gasteiger partial charge is 0.444 e. The molecule has 1 unspecified atom stereocenters. The summed E-state index contributed by atoms with van der Waals surface area (Å²) < 4.78 is 5.08. The van der Waals surface area contributed by atoms with Crippen LogP contribution in [0, 0.1) is 5.92 Å². The maximum absolute atomic E-state index is 12.0. The molecule has 3 N–H and O–H groups in total. The van der Waals surface area contributed by atoms with E-state index in [0.717, 1.165) is 12.8 Å². The predicted molar refractivity (Wildman–Crippen MR) is 77.4 cm³/mol. The molecule has 0 saturated carbocycles. The molecule has 1 fully saturated rings. The molecule has 1 rings (SSSR count). The van der Waals surface area contributed by atoms with E-state index in [9.17, 15) is 14.4 Å². The lowest BCUT2D eigenvalue weighted by Gasteiger charge is -2.31. The molecule has 1 aliphatic heterocycles. The van der Waals surface area contributed by atoms with Gasteiger partial charge in [0, 0.05) is 26.1 Å². The van der Waals surface area contributed by atoms with E-state index in [1.54, 1.807) is 25.7 Å². The average Bonchev–Trinajstić information content (AvgIpc) is 2.36. The summed E-state index contributed by atoms with van der Waals surface area (Å²) in [5.41, 5.74) is 4.72. The molecule has 7 nitrogen and oxygen atoms in total. The fourth-order valence-electron chi connectivity index (χ4n) is 2.18. The van der Waals surface area contributed by atoms with Gasteiger partial charge in [-0.2, -0.15) is 0 Å². The fourth-order valence-corrected chi connectivity index (χ4v) is 2.18. The Kier molecular flexibility index (Phi) is 5.99. The van der Waals surface area contributed by atoms with Crippen molar-refractivity contribution in [1.82, 2.24) is 10.2 Å². The number of amides is 3. The summed E-state index contributed by atoms with van der Waals surface area (Å²) >= 11 is 0. The van der Waals surface area contributed by atoms with Gasteiger partial charge in [-0.3, -0.25) is 9.59 Å². The first-order chi connectivity index (χ1) is 9.69. The van der Waals surface area contributed by atoms with E-state index < -0.39 is 11.7 Å². The summed E-state index contributed by atoms with van der Waals surface area (Å²) in [5.74, 6) is -0.710. The van der Waals surface area contributed by atoms with Crippen LogP contribution < -0.4 is 11.1 Å². The summed E-state index contributed by atoms with van der Waals surface area (Å²) in [6.07, 6.45) is 1.16. The van der Waals surface area contributed by atoms with Crippen LogP contribution in [0.4, 0.5) is 4.79 Å². The van der Waals surface area contributed by atoms with Gasteiger partial charge >= 0.3 is 6.09 Å². The standard InChI is InChI=1S/C14H25N3O4/c1-14(2,3)21-13(20)16-7-6-11(18)17-8-4-5-10(9-17)12(15)19/h10H,4-9H2,1-3H3,(H2,15,19)(H,16,20). The van der Waals surface area contributed by atoms with Crippen LogP contribution >= 0.6 is 0 Å². The monoisotopic (exact) mass is 299 g/mol. The van der Waals surface area contributed by atoms with Gasteiger partial charge in [0.15, 0.2) is 0 Å². The van der Waals surface area contributed by atoms with Crippen LogP contribution in [-0.2, 0) is 14.3 Å². The van der Waals surface area contributed by atoms with Gasteiger partial charge in [0.05, 0.1) is 5.92 Å². The zero-order chi connectivity index (χ0) is 16.0. The SMILES string of the molecule is CC(C)(C)OC(=O)NCCC(=O)N1CCCC(C(N)=O)C1. The highest BCUT2D eigenvalue weighted by molar-refractivity contribution is 5.80. The Morgan fingerprint density at radius 3 is 2.57 bits per heavy atom. The van der Waals surface area contributed by atoms with Gasteiger partial charge in [-0.15, -0.1) is 0 Å². The maximum Gasteiger partial charge on any atom is 0.407 e. The zero-order valence-electron chi connectivity index (χ0n) is 13.0. The van der Waals surface area contributed by atoms with Crippen LogP contribution in [0.5, 0.6) is 0 Å². The number of hydrogen-bond donors (Lipinski definition) is 2. The minimum atomic E-state index is -0.560. The molecule has 0 aliphatic carbocycles. The first-order valence-corrected chi connectivity index (χ1v) is 7.23. The first-order valence-electron chi connectivity index (χ1n) is 7.23. The normalized spacial score (nSPS) is 19.0. The van der Waals surface area contributed by atoms with Crippen molar-refractivity contribution in [3.05, 3.63) is 0 Å². The number of nitrogens with zero attached hydrogens (tertiary/aromatic N) is 1. The molecular weight excluding hydrogens is 274 g/mol. The highest BCUT2D eigenvalue weighted by Crippen LogP contribution is 2.16. The van der Waals surface area contributed by atoms with E-state index in [2.05, 4.69) is 5.32 Å². The molecule has 3 amide bonds. The fraction of sp³-hybridized carbons (Fsp3) is 0.786. The van der Waals surface area contributed by atoms with E-state index in [1.165, 1.54) is 0 Å². The quantitative estimate of drug-likeness (QED) is 0.794. The van der Waals surface area contributed by atoms with E-state index in [1.807, 2.05) is 0 Å². The van der Waals surface area contributed by atoms with E-state index >= 15 is 0 Å². The van der Waals surface area contributed by atoms with Crippen LogP contribution in [0.25, 0.3) is 0 Å². The number of nitrogens with one attached hydrogen (secondary N) is 1. The number of carbonyl (C=O) groups is 3. The number of piperidine rings is 1. The average molecular weight is 299 g/mol. The Hall–Kier alpha value is -1.79. The molecule has 0 spiro atoms. The number of primary amides is 1. The van der Waals surface area contributed by atoms with Crippen molar-refractivity contribution in [2.45, 2.75) is 45.6 Å². The summed E-state index contributed by atoms with van der Waals surface area (Å²) in [7, 11) is 0. The Labute approximate surface area is 125 Å². The molecule has 120 valence electrons. The molecule has 1 saturated heterocycles. The number of ether oxygens (including phenoxy) is 1. The number of likely N-dealkylation sites (tertiary alicyclic amines) is 1. The van der Waals surface area contributed by atoms with Gasteiger partial charge in [0.1, 0.15) is 5.60 Å². The van der Waals surface area contributed by atoms with Crippen LogP contribution in [-0.4, -0.2) is 48.0 Å². The first kappa shape index (κ1) is 17.3. The number of alkyl carbamates (subject to hydrolysis) is 1. The molecule has 0 aromatic rings. The third kappa shape index (κ3) is 6.46. The lowest BCUT2D eigenvalue weighted by atomic mass is 9.97. The molecule has 0 aromatic carbocycles. The highest BCUT2D eigenvalue weighted by Gasteiger charge is 2.26. The smallest absolute Gasteiger partial charge is 0.407 e. The topological polar surface area (TPSA) is 102 Å². The van der Waals surface area contributed by atoms with Crippen molar-refractivity contribution in [2.24, 2.45) is 11.7 Å². The van der Waals surface area contributed by atoms with E-state index in [4.69, 9.17) is 10.5 Å². The number of rotatable bonds is 4. The number of nitrogens with two attached hydrogens (primary N) is 1. The third-order valence-corrected chi connectivity index (χ3v) is 3.18. The molecule has 21 heavy (non-hydrogen) atoms. The van der Waals surface area contributed by atoms with Gasteiger partial charge in [-0.25, -0.2) is 4.79 Å². The molecule has 0 radical (unpaired) electrons. The van der Waals surface area contributed by atoms with Crippen molar-refractivity contribution >= 4 is 17.9 Å². The molecule has 1 atom stereocenters. The second-order valence-electron chi connectivity index (χ2n) is 6.26. The van der Waals surface area contributed by atoms with Crippen LogP contribution in [0.1, 0.15) is 40.0 Å². The second kappa shape index (κ2) is 7.28. The Balaban J connectivity index is 2.30. The maximum atomic E-state index is 12.0. The van der Waals surface area contributed by atoms with Crippen LogP contribution in [0.3, 0.4) is 0 Å². The highest BCUT2D eigenvalue weighted by atomic mass is 16.6. The zero-order valence-corrected chi connectivity index (χ0v) is 13.0. The summed E-state index contributed by atoms with van der Waals surface area (Å²) in [4.78, 5) is 36.3. The number of hydrogen-bond acceptors (Lipinski definition) is 4. The third-order valence-electron chi connectivity index (χ3n) is 3.18. The number of carbonyl (C=O) groups excluding carboxylic acids is 3. The van der Waals surface area contributed by atoms with Gasteiger partial charge < -0.3 is 20.7 Å². The van der Waals surface area contributed by atoms with Crippen molar-refractivity contribution in [3.8, 4) is 0 Å². The molecule has 1 aliphatic rings. The minimum absolute atomic E-state index is 0.0861. The van der Waals surface area contributed by atoms with Crippen molar-refractivity contribution in [1.29, 1.82) is 0 Å². The summed E-state index contributed by atoms with van der Waals surface area (Å²) in [6, 6.07) is 0. The molecule has 0 aromatic heterocycles. The molecule has 7 heteroatoms. The second-order valence-corrected chi connectivity index (χ2v) is 6.26. The molecular formula is C14H25N3O4. The summed E-state index contributed by atoms with van der Waals surface area (Å²) in [5, 5.41) is 2.54. The summed E-state index contributed by atoms with van der Waals surface area (Å²) in [6.45, 7) is 6.54. The molecule has 0 bridgehead atoms. The lowest BCUT2D eigenvalue weighted by Crippen LogP contribution is -2.45. The van der Waals surface area contributed by atoms with Crippen molar-refractivity contribution in [3.63, 3.8) is 0 Å². The molecule has 1 heterocycles. The van der Waals surface area contributed by atoms with Gasteiger partial charge in [0.25, 0.3) is 0 Å². The van der Waals surface area contributed by atoms with Gasteiger partial charge in [0.2, 0.25) is 11.8 Å². The van der Waals surface area contributed by atoms with E-state index in [0.29, 0.717) is 13.1 Å². The van der Waals surface area contributed by atoms with E-state index in [-0.39, 0.29) is 30.7 Å².